The van der Waals surface area contributed by atoms with Gasteiger partial charge in [0.1, 0.15) is 0 Å². The molecule has 11 atom stereocenters. The van der Waals surface area contributed by atoms with E-state index >= 15 is 0 Å². The Morgan fingerprint density at radius 2 is 1.66 bits per heavy atom. The van der Waals surface area contributed by atoms with Crippen molar-refractivity contribution in [3.8, 4) is 0 Å². The number of aliphatic hydroxyl groups excluding tert-OH is 1. The summed E-state index contributed by atoms with van der Waals surface area (Å²) in [7, 11) is 0. The minimum absolute atomic E-state index is 0.0401. The molecule has 0 aromatic heterocycles. The molecular formula is C28H48O4. The highest BCUT2D eigenvalue weighted by Gasteiger charge is 2.74. The van der Waals surface area contributed by atoms with Gasteiger partial charge in [-0.2, -0.15) is 0 Å². The summed E-state index contributed by atoms with van der Waals surface area (Å²) in [6.45, 7) is 14.0. The Morgan fingerprint density at radius 1 is 0.969 bits per heavy atom. The number of hydrogen-bond donors (Lipinski definition) is 3. The molecule has 184 valence electrons. The summed E-state index contributed by atoms with van der Waals surface area (Å²) < 4.78 is 0. The Labute approximate surface area is 195 Å². The molecule has 4 heteroatoms. The molecule has 0 aromatic rings. The molecule has 0 aromatic carbocycles. The zero-order valence-electron chi connectivity index (χ0n) is 21.3. The maximum atomic E-state index is 12.7. The number of rotatable bonds is 6. The van der Waals surface area contributed by atoms with Crippen LogP contribution >= 0.6 is 0 Å². The first-order valence-corrected chi connectivity index (χ1v) is 13.5. The molecule has 0 spiro atoms. The van der Waals surface area contributed by atoms with Gasteiger partial charge in [0, 0.05) is 11.8 Å². The lowest BCUT2D eigenvalue weighted by Gasteiger charge is -2.52. The summed E-state index contributed by atoms with van der Waals surface area (Å²) in [4.78, 5) is 12.7. The van der Waals surface area contributed by atoms with Gasteiger partial charge < -0.3 is 15.3 Å². The van der Waals surface area contributed by atoms with Crippen LogP contribution in [0.1, 0.15) is 99.3 Å². The van der Waals surface area contributed by atoms with Crippen molar-refractivity contribution in [1.29, 1.82) is 0 Å². The standard InChI is InChI=1S/C28H48O4/c1-16(2)17(3)7-8-18(4)20-9-10-21-23-22(12-13-26(20,21)5)27(6)14-11-19(29)15-28(27,32)24(23)25(30)31/h16-24,29,32H,7-15H2,1-6H3,(H,30,31)/t17-,18+,19-,20+,21-,22-,23-,24-,26+,27+,28+/m0/s1. The van der Waals surface area contributed by atoms with Gasteiger partial charge in [0.05, 0.1) is 17.6 Å². The molecule has 0 unspecified atom stereocenters. The average Bonchev–Trinajstić information content (AvgIpc) is 3.15. The number of aliphatic carboxylic acids is 1. The molecule has 4 rings (SSSR count). The number of hydrogen-bond acceptors (Lipinski definition) is 3. The van der Waals surface area contributed by atoms with E-state index < -0.39 is 29.0 Å². The molecule has 4 aliphatic carbocycles. The second-order valence-electron chi connectivity index (χ2n) is 13.3. The van der Waals surface area contributed by atoms with Gasteiger partial charge >= 0.3 is 5.97 Å². The van der Waals surface area contributed by atoms with Gasteiger partial charge in [0.15, 0.2) is 0 Å². The normalized spacial score (nSPS) is 49.9. The minimum atomic E-state index is -1.28. The van der Waals surface area contributed by atoms with Crippen molar-refractivity contribution in [3.63, 3.8) is 0 Å². The van der Waals surface area contributed by atoms with E-state index in [1.165, 1.54) is 19.3 Å². The molecule has 4 saturated carbocycles. The summed E-state index contributed by atoms with van der Waals surface area (Å²) in [5.74, 6) is 1.87. The third-order valence-electron chi connectivity index (χ3n) is 11.8. The van der Waals surface area contributed by atoms with Crippen molar-refractivity contribution in [2.75, 3.05) is 0 Å². The van der Waals surface area contributed by atoms with Gasteiger partial charge in [-0.05, 0) is 85.4 Å². The first-order valence-electron chi connectivity index (χ1n) is 13.5. The summed E-state index contributed by atoms with van der Waals surface area (Å²) in [6, 6.07) is 0. The van der Waals surface area contributed by atoms with E-state index in [1.807, 2.05) is 0 Å². The molecule has 4 aliphatic rings. The van der Waals surface area contributed by atoms with Crippen LogP contribution in [0.15, 0.2) is 0 Å². The van der Waals surface area contributed by atoms with Gasteiger partial charge in [-0.25, -0.2) is 0 Å². The highest BCUT2D eigenvalue weighted by molar-refractivity contribution is 5.73. The van der Waals surface area contributed by atoms with Crippen LogP contribution < -0.4 is 0 Å². The van der Waals surface area contributed by atoms with Crippen molar-refractivity contribution < 1.29 is 20.1 Å². The fourth-order valence-corrected chi connectivity index (χ4v) is 9.49. The molecule has 0 amide bonds. The first kappa shape index (κ1) is 24.5. The lowest BCUT2D eigenvalue weighted by molar-refractivity contribution is -0.175. The number of aliphatic hydroxyl groups is 2. The first-order chi connectivity index (χ1) is 14.9. The summed E-state index contributed by atoms with van der Waals surface area (Å²) in [6.07, 6.45) is 8.10. The van der Waals surface area contributed by atoms with Gasteiger partial charge in [0.25, 0.3) is 0 Å². The van der Waals surface area contributed by atoms with Crippen LogP contribution in [-0.2, 0) is 4.79 Å². The molecule has 0 radical (unpaired) electrons. The third-order valence-corrected chi connectivity index (χ3v) is 11.8. The zero-order chi connectivity index (χ0) is 23.6. The van der Waals surface area contributed by atoms with Crippen molar-refractivity contribution in [3.05, 3.63) is 0 Å². The van der Waals surface area contributed by atoms with Gasteiger partial charge in [-0.3, -0.25) is 4.79 Å². The average molecular weight is 449 g/mol. The fourth-order valence-electron chi connectivity index (χ4n) is 9.49. The Morgan fingerprint density at radius 3 is 2.28 bits per heavy atom. The highest BCUT2D eigenvalue weighted by Crippen LogP contribution is 2.73. The lowest BCUT2D eigenvalue weighted by Crippen LogP contribution is -2.55. The third kappa shape index (κ3) is 3.41. The van der Waals surface area contributed by atoms with Crippen molar-refractivity contribution in [2.24, 2.45) is 58.2 Å². The van der Waals surface area contributed by atoms with Crippen LogP contribution in [0.5, 0.6) is 0 Å². The van der Waals surface area contributed by atoms with Gasteiger partial charge in [-0.15, -0.1) is 0 Å². The van der Waals surface area contributed by atoms with Crippen LogP contribution in [0, 0.1) is 58.2 Å². The van der Waals surface area contributed by atoms with Crippen molar-refractivity contribution in [1.82, 2.24) is 0 Å². The van der Waals surface area contributed by atoms with Crippen LogP contribution in [0.4, 0.5) is 0 Å². The van der Waals surface area contributed by atoms with E-state index in [4.69, 9.17) is 0 Å². The Bertz CT molecular complexity index is 720. The molecule has 4 nitrogen and oxygen atoms in total. The van der Waals surface area contributed by atoms with Crippen LogP contribution in [0.25, 0.3) is 0 Å². The molecule has 0 saturated heterocycles. The number of carboxylic acid groups (broad SMARTS) is 1. The topological polar surface area (TPSA) is 77.8 Å². The predicted octanol–water partition coefficient (Wildman–Crippen LogP) is 5.75. The highest BCUT2D eigenvalue weighted by atomic mass is 16.4. The SMILES string of the molecule is CC(C)[C@@H](C)CC[C@@H](C)[C@H]1CC[C@H]2[C@@H]3[C@@H](C(=O)O)[C@]4(O)C[C@@H](O)CC[C@]4(C)[C@H]3CC[C@]12C. The molecule has 0 heterocycles. The summed E-state index contributed by atoms with van der Waals surface area (Å²) in [5.41, 5.74) is -1.50. The van der Waals surface area contributed by atoms with Crippen LogP contribution in [0.3, 0.4) is 0 Å². The van der Waals surface area contributed by atoms with E-state index in [-0.39, 0.29) is 23.7 Å². The van der Waals surface area contributed by atoms with E-state index in [1.54, 1.807) is 0 Å². The van der Waals surface area contributed by atoms with Crippen LogP contribution in [-0.4, -0.2) is 33.0 Å². The predicted molar refractivity (Wildman–Crippen MR) is 127 cm³/mol. The molecule has 4 fully saturated rings. The van der Waals surface area contributed by atoms with Gasteiger partial charge in [-0.1, -0.05) is 54.4 Å². The molecule has 3 N–H and O–H groups in total. The monoisotopic (exact) mass is 448 g/mol. The largest absolute Gasteiger partial charge is 0.481 e. The van der Waals surface area contributed by atoms with Crippen molar-refractivity contribution in [2.45, 2.75) is 111 Å². The molecule has 0 bridgehead atoms. The van der Waals surface area contributed by atoms with E-state index in [0.717, 1.165) is 37.5 Å². The Kier molecular flexibility index (Phi) is 6.32. The fraction of sp³-hybridized carbons (Fsp3) is 0.964. The number of carbonyl (C=O) groups is 1. The van der Waals surface area contributed by atoms with Crippen molar-refractivity contribution >= 4 is 5.97 Å². The quantitative estimate of drug-likeness (QED) is 0.483. The second kappa shape index (κ2) is 8.26. The van der Waals surface area contributed by atoms with Crippen LogP contribution in [0.2, 0.25) is 0 Å². The maximum absolute atomic E-state index is 12.7. The lowest BCUT2D eigenvalue weighted by atomic mass is 9.53. The number of carboxylic acids is 1. The van der Waals surface area contributed by atoms with Gasteiger partial charge in [0.2, 0.25) is 0 Å². The summed E-state index contributed by atoms with van der Waals surface area (Å²) >= 11 is 0. The zero-order valence-corrected chi connectivity index (χ0v) is 21.3. The Balaban J connectivity index is 1.61. The Hall–Kier alpha value is -0.610. The van der Waals surface area contributed by atoms with E-state index in [2.05, 4.69) is 41.5 Å². The van der Waals surface area contributed by atoms with E-state index in [9.17, 15) is 20.1 Å². The van der Waals surface area contributed by atoms with E-state index in [0.29, 0.717) is 24.2 Å². The second-order valence-corrected chi connectivity index (χ2v) is 13.3. The molecule has 0 aliphatic heterocycles. The minimum Gasteiger partial charge on any atom is -0.481 e. The maximum Gasteiger partial charge on any atom is 0.309 e. The molecular weight excluding hydrogens is 400 g/mol. The molecule has 32 heavy (non-hydrogen) atoms. The smallest absolute Gasteiger partial charge is 0.309 e. The number of fused-ring (bicyclic) bond motifs is 5. The summed E-state index contributed by atoms with van der Waals surface area (Å²) in [5, 5.41) is 32.7.